The summed E-state index contributed by atoms with van der Waals surface area (Å²) in [5.74, 6) is -0.498. The lowest BCUT2D eigenvalue weighted by atomic mass is 10.2. The van der Waals surface area contributed by atoms with Gasteiger partial charge in [-0.05, 0) is 37.3 Å². The third kappa shape index (κ3) is 5.21. The largest absolute Gasteiger partial charge is 0.494 e. The zero-order chi connectivity index (χ0) is 23.1. The lowest BCUT2D eigenvalue weighted by Crippen LogP contribution is -2.30. The molecule has 13 heteroatoms. The first-order chi connectivity index (χ1) is 15.4. The maximum atomic E-state index is 12.3. The van der Waals surface area contributed by atoms with Gasteiger partial charge in [-0.15, -0.1) is 0 Å². The first kappa shape index (κ1) is 21.9. The molecule has 0 aliphatic heterocycles. The van der Waals surface area contributed by atoms with Crippen LogP contribution in [0.5, 0.6) is 5.75 Å². The molecule has 1 aromatic heterocycles. The smallest absolute Gasteiger partial charge is 0.355 e. The number of aromatic nitrogens is 2. The summed E-state index contributed by atoms with van der Waals surface area (Å²) in [5, 5.41) is 25.3. The lowest BCUT2D eigenvalue weighted by Gasteiger charge is -2.11. The van der Waals surface area contributed by atoms with Gasteiger partial charge < -0.3 is 10.1 Å². The maximum Gasteiger partial charge on any atom is 0.355 e. The van der Waals surface area contributed by atoms with Crippen LogP contribution in [0.3, 0.4) is 0 Å². The van der Waals surface area contributed by atoms with Crippen molar-refractivity contribution in [3.8, 4) is 5.75 Å². The quantitative estimate of drug-likeness (QED) is 0.332. The van der Waals surface area contributed by atoms with E-state index in [1.807, 2.05) is 6.92 Å². The Bertz CT molecular complexity index is 1150. The van der Waals surface area contributed by atoms with Crippen molar-refractivity contribution >= 4 is 34.6 Å². The van der Waals surface area contributed by atoms with E-state index in [1.165, 1.54) is 18.2 Å². The topological polar surface area (TPSA) is 174 Å². The zero-order valence-electron chi connectivity index (χ0n) is 16.6. The Balaban J connectivity index is 1.78. The molecular weight excluding hydrogens is 422 g/mol. The molecule has 13 nitrogen and oxygen atoms in total. The van der Waals surface area contributed by atoms with Gasteiger partial charge in [-0.25, -0.2) is 9.97 Å². The number of carbonyl (C=O) groups is 1. The number of ether oxygens (including phenoxy) is 1. The highest BCUT2D eigenvalue weighted by atomic mass is 16.6. The van der Waals surface area contributed by atoms with Gasteiger partial charge in [0, 0.05) is 23.4 Å². The van der Waals surface area contributed by atoms with Crippen LogP contribution < -0.4 is 20.9 Å². The molecule has 0 atom stereocenters. The number of non-ortho nitro benzene ring substituents is 1. The van der Waals surface area contributed by atoms with E-state index in [4.69, 9.17) is 4.74 Å². The molecule has 0 fully saturated rings. The summed E-state index contributed by atoms with van der Waals surface area (Å²) in [6.07, 6.45) is 1.08. The Morgan fingerprint density at radius 3 is 2.41 bits per heavy atom. The molecule has 0 saturated carbocycles. The fraction of sp³-hybridized carbons (Fsp3) is 0.105. The fourth-order valence-corrected chi connectivity index (χ4v) is 2.62. The van der Waals surface area contributed by atoms with Gasteiger partial charge in [-0.3, -0.25) is 35.9 Å². The fourth-order valence-electron chi connectivity index (χ4n) is 2.62. The number of nitro groups is 2. The molecule has 3 aromatic rings. The predicted octanol–water partition coefficient (Wildman–Crippen LogP) is 3.19. The third-order valence-corrected chi connectivity index (χ3v) is 4.05. The average molecular weight is 439 g/mol. The van der Waals surface area contributed by atoms with E-state index in [-0.39, 0.29) is 22.9 Å². The Kier molecular flexibility index (Phi) is 6.70. The van der Waals surface area contributed by atoms with Crippen LogP contribution in [-0.2, 0) is 0 Å². The minimum absolute atomic E-state index is 0.0175. The van der Waals surface area contributed by atoms with Crippen LogP contribution in [0.4, 0.5) is 28.7 Å². The van der Waals surface area contributed by atoms with Crippen LogP contribution in [-0.4, -0.2) is 32.3 Å². The molecule has 0 radical (unpaired) electrons. The molecule has 1 amide bonds. The van der Waals surface area contributed by atoms with Gasteiger partial charge in [0.2, 0.25) is 11.6 Å². The van der Waals surface area contributed by atoms with Crippen LogP contribution in [0.25, 0.3) is 0 Å². The zero-order valence-corrected chi connectivity index (χ0v) is 16.6. The van der Waals surface area contributed by atoms with Gasteiger partial charge in [-0.2, -0.15) is 0 Å². The van der Waals surface area contributed by atoms with E-state index in [1.54, 1.807) is 24.3 Å². The van der Waals surface area contributed by atoms with Crippen molar-refractivity contribution in [2.75, 3.05) is 17.3 Å². The second kappa shape index (κ2) is 9.80. The van der Waals surface area contributed by atoms with Crippen molar-refractivity contribution in [2.24, 2.45) is 0 Å². The number of hydrogen-bond donors (Lipinski definition) is 3. The van der Waals surface area contributed by atoms with Crippen LogP contribution in [0.1, 0.15) is 17.3 Å². The van der Waals surface area contributed by atoms with E-state index in [0.717, 1.165) is 12.4 Å². The summed E-state index contributed by atoms with van der Waals surface area (Å²) in [6.45, 7) is 2.35. The van der Waals surface area contributed by atoms with Gasteiger partial charge in [0.05, 0.1) is 16.5 Å². The highest BCUT2D eigenvalue weighted by molar-refractivity contribution is 5.95. The Morgan fingerprint density at radius 1 is 1.03 bits per heavy atom. The monoisotopic (exact) mass is 439 g/mol. The molecule has 0 bridgehead atoms. The molecule has 0 unspecified atom stereocenters. The minimum Gasteiger partial charge on any atom is -0.494 e. The molecule has 3 N–H and O–H groups in total. The Labute approximate surface area is 180 Å². The van der Waals surface area contributed by atoms with Gasteiger partial charge >= 0.3 is 5.69 Å². The van der Waals surface area contributed by atoms with Gasteiger partial charge in [0.15, 0.2) is 0 Å². The van der Waals surface area contributed by atoms with Gasteiger partial charge in [0.1, 0.15) is 12.1 Å². The summed E-state index contributed by atoms with van der Waals surface area (Å²) in [7, 11) is 0. The van der Waals surface area contributed by atoms with Gasteiger partial charge in [0.25, 0.3) is 11.6 Å². The number of amides is 1. The predicted molar refractivity (Wildman–Crippen MR) is 114 cm³/mol. The summed E-state index contributed by atoms with van der Waals surface area (Å²) in [5.41, 5.74) is 4.32. The number of nitrogens with one attached hydrogen (secondary N) is 3. The Morgan fingerprint density at radius 2 is 1.75 bits per heavy atom. The maximum absolute atomic E-state index is 12.3. The average Bonchev–Trinajstić information content (AvgIpc) is 2.79. The molecule has 0 aliphatic rings. The van der Waals surface area contributed by atoms with Gasteiger partial charge in [-0.1, -0.05) is 6.07 Å². The number of nitro benzene ring substituents is 1. The van der Waals surface area contributed by atoms with Crippen molar-refractivity contribution in [1.82, 2.24) is 15.4 Å². The van der Waals surface area contributed by atoms with Crippen molar-refractivity contribution in [3.05, 3.63) is 80.7 Å². The Hall–Kier alpha value is -4.81. The number of hydrogen-bond acceptors (Lipinski definition) is 10. The summed E-state index contributed by atoms with van der Waals surface area (Å²) in [6, 6.07) is 11.7. The normalized spacial score (nSPS) is 10.2. The lowest BCUT2D eigenvalue weighted by molar-refractivity contribution is -0.384. The first-order valence-electron chi connectivity index (χ1n) is 9.19. The van der Waals surface area contributed by atoms with E-state index in [0.29, 0.717) is 18.0 Å². The van der Waals surface area contributed by atoms with Crippen molar-refractivity contribution < 1.29 is 19.4 Å². The van der Waals surface area contributed by atoms with E-state index in [2.05, 4.69) is 26.1 Å². The summed E-state index contributed by atoms with van der Waals surface area (Å²) in [4.78, 5) is 41.2. The van der Waals surface area contributed by atoms with Crippen LogP contribution >= 0.6 is 0 Å². The standard InChI is InChI=1S/C19H17N7O6/c1-2-32-15-8-6-13(7-9-15)22-17-16(26(30)31)18(21-11-20-17)23-24-19(27)12-4-3-5-14(10-12)25(28)29/h3-11H,2H2,1H3,(H,24,27)(H2,20,21,22,23). The number of carbonyl (C=O) groups excluding carboxylic acids is 1. The van der Waals surface area contributed by atoms with Crippen molar-refractivity contribution in [2.45, 2.75) is 6.92 Å². The second-order valence-electron chi connectivity index (χ2n) is 6.15. The van der Waals surface area contributed by atoms with E-state index in [9.17, 15) is 25.0 Å². The molecule has 0 aliphatic carbocycles. The van der Waals surface area contributed by atoms with E-state index >= 15 is 0 Å². The number of anilines is 3. The number of hydrazine groups is 1. The molecule has 0 spiro atoms. The number of nitrogens with zero attached hydrogens (tertiary/aromatic N) is 4. The number of rotatable bonds is 9. The minimum atomic E-state index is -0.748. The molecule has 2 aromatic carbocycles. The molecular formula is C19H17N7O6. The van der Waals surface area contributed by atoms with E-state index < -0.39 is 21.4 Å². The van der Waals surface area contributed by atoms with Crippen LogP contribution in [0.15, 0.2) is 54.9 Å². The second-order valence-corrected chi connectivity index (χ2v) is 6.15. The van der Waals surface area contributed by atoms with Crippen LogP contribution in [0.2, 0.25) is 0 Å². The molecule has 32 heavy (non-hydrogen) atoms. The first-order valence-corrected chi connectivity index (χ1v) is 9.19. The van der Waals surface area contributed by atoms with Crippen molar-refractivity contribution in [3.63, 3.8) is 0 Å². The van der Waals surface area contributed by atoms with Crippen molar-refractivity contribution in [1.29, 1.82) is 0 Å². The molecule has 164 valence electrons. The molecule has 0 saturated heterocycles. The highest BCUT2D eigenvalue weighted by Crippen LogP contribution is 2.31. The number of benzene rings is 2. The SMILES string of the molecule is CCOc1ccc(Nc2ncnc(NNC(=O)c3cccc([N+](=O)[O-])c3)c2[N+](=O)[O-])cc1. The third-order valence-electron chi connectivity index (χ3n) is 4.05. The summed E-state index contributed by atoms with van der Waals surface area (Å²) >= 11 is 0. The molecule has 1 heterocycles. The summed E-state index contributed by atoms with van der Waals surface area (Å²) < 4.78 is 5.35. The molecule has 3 rings (SSSR count). The highest BCUT2D eigenvalue weighted by Gasteiger charge is 2.24. The van der Waals surface area contributed by atoms with Crippen LogP contribution in [0, 0.1) is 20.2 Å².